The highest BCUT2D eigenvalue weighted by Crippen LogP contribution is 2.11. The molecule has 2 heterocycles. The second-order valence-electron chi connectivity index (χ2n) is 4.93. The van der Waals surface area contributed by atoms with Crippen LogP contribution in [0.15, 0.2) is 4.99 Å². The first kappa shape index (κ1) is 19.4. The molecule has 1 saturated heterocycles. The molecule has 114 valence electrons. The standard InChI is InChI=1S/C13H25N3S.2ClH/c1-2-8-15-13(14-7-1)17-12-6-5-11-16-9-3-4-10-16;;/h1-12H2,(H,14,15);2*1H. The molecule has 0 radical (unpaired) electrons. The van der Waals surface area contributed by atoms with E-state index in [0.717, 1.165) is 13.1 Å². The number of aliphatic imine (C=N–C) groups is 1. The number of thioether (sulfide) groups is 1. The molecule has 3 nitrogen and oxygen atoms in total. The van der Waals surface area contributed by atoms with Crippen LogP contribution in [0.25, 0.3) is 0 Å². The van der Waals surface area contributed by atoms with Crippen LogP contribution in [0, 0.1) is 0 Å². The highest BCUT2D eigenvalue weighted by atomic mass is 35.5. The topological polar surface area (TPSA) is 27.6 Å². The lowest BCUT2D eigenvalue weighted by atomic mass is 10.3. The number of hydrogen-bond acceptors (Lipinski definition) is 4. The normalized spacial score (nSPS) is 19.7. The van der Waals surface area contributed by atoms with Crippen LogP contribution < -0.4 is 5.32 Å². The third-order valence-electron chi connectivity index (χ3n) is 3.42. The third kappa shape index (κ3) is 8.28. The molecule has 1 fully saturated rings. The lowest BCUT2D eigenvalue weighted by Gasteiger charge is -2.13. The first-order chi connectivity index (χ1) is 8.45. The van der Waals surface area contributed by atoms with Gasteiger partial charge in [-0.25, -0.2) is 0 Å². The summed E-state index contributed by atoms with van der Waals surface area (Å²) in [5, 5.41) is 4.60. The summed E-state index contributed by atoms with van der Waals surface area (Å²) in [5.74, 6) is 1.22. The fourth-order valence-corrected chi connectivity index (χ4v) is 3.31. The number of unbranched alkanes of at least 4 members (excludes halogenated alkanes) is 1. The van der Waals surface area contributed by atoms with E-state index in [4.69, 9.17) is 0 Å². The van der Waals surface area contributed by atoms with Gasteiger partial charge < -0.3 is 10.2 Å². The van der Waals surface area contributed by atoms with E-state index < -0.39 is 0 Å². The van der Waals surface area contributed by atoms with Crippen molar-refractivity contribution in [3.63, 3.8) is 0 Å². The Labute approximate surface area is 134 Å². The molecule has 0 saturated carbocycles. The van der Waals surface area contributed by atoms with Gasteiger partial charge in [0.05, 0.1) is 0 Å². The molecule has 0 unspecified atom stereocenters. The molecule has 6 heteroatoms. The Hall–Kier alpha value is 0.360. The van der Waals surface area contributed by atoms with E-state index in [1.807, 2.05) is 11.8 Å². The van der Waals surface area contributed by atoms with Gasteiger partial charge in [0.15, 0.2) is 5.17 Å². The second-order valence-corrected chi connectivity index (χ2v) is 6.01. The molecular formula is C13H27Cl2N3S. The Balaban J connectivity index is 0.00000162. The molecule has 2 aliphatic heterocycles. The maximum Gasteiger partial charge on any atom is 0.156 e. The Kier molecular flexibility index (Phi) is 12.4. The zero-order valence-corrected chi connectivity index (χ0v) is 14.1. The molecular weight excluding hydrogens is 301 g/mol. The van der Waals surface area contributed by atoms with Crippen molar-refractivity contribution < 1.29 is 0 Å². The summed E-state index contributed by atoms with van der Waals surface area (Å²) in [6, 6.07) is 0. The molecule has 0 aromatic carbocycles. The van der Waals surface area contributed by atoms with E-state index in [1.165, 1.54) is 69.1 Å². The van der Waals surface area contributed by atoms with Crippen molar-refractivity contribution in [2.75, 3.05) is 38.5 Å². The Morgan fingerprint density at radius 3 is 2.63 bits per heavy atom. The second kappa shape index (κ2) is 12.1. The molecule has 2 rings (SSSR count). The molecule has 0 atom stereocenters. The number of amidine groups is 1. The molecule has 0 amide bonds. The van der Waals surface area contributed by atoms with Gasteiger partial charge in [-0.1, -0.05) is 11.8 Å². The number of nitrogens with one attached hydrogen (secondary N) is 1. The van der Waals surface area contributed by atoms with E-state index in [9.17, 15) is 0 Å². The largest absolute Gasteiger partial charge is 0.365 e. The van der Waals surface area contributed by atoms with E-state index in [1.54, 1.807) is 0 Å². The zero-order valence-electron chi connectivity index (χ0n) is 11.6. The van der Waals surface area contributed by atoms with Crippen molar-refractivity contribution >= 4 is 41.7 Å². The molecule has 0 aromatic rings. The lowest BCUT2D eigenvalue weighted by molar-refractivity contribution is 0.333. The number of hydrogen-bond donors (Lipinski definition) is 1. The average Bonchev–Trinajstić information content (AvgIpc) is 2.72. The smallest absolute Gasteiger partial charge is 0.156 e. The van der Waals surface area contributed by atoms with Gasteiger partial charge >= 0.3 is 0 Å². The maximum atomic E-state index is 4.56. The number of nitrogens with zero attached hydrogens (tertiary/aromatic N) is 2. The number of rotatable bonds is 5. The van der Waals surface area contributed by atoms with Crippen LogP contribution in [0.4, 0.5) is 0 Å². The summed E-state index contributed by atoms with van der Waals surface area (Å²) in [6.45, 7) is 6.10. The van der Waals surface area contributed by atoms with E-state index in [0.29, 0.717) is 0 Å². The minimum atomic E-state index is 0. The van der Waals surface area contributed by atoms with Crippen LogP contribution in [-0.2, 0) is 0 Å². The first-order valence-corrected chi connectivity index (χ1v) is 8.07. The summed E-state index contributed by atoms with van der Waals surface area (Å²) in [7, 11) is 0. The molecule has 0 aliphatic carbocycles. The Morgan fingerprint density at radius 1 is 1.05 bits per heavy atom. The minimum absolute atomic E-state index is 0. The molecule has 19 heavy (non-hydrogen) atoms. The van der Waals surface area contributed by atoms with Crippen LogP contribution in [0.1, 0.15) is 38.5 Å². The Morgan fingerprint density at radius 2 is 1.84 bits per heavy atom. The molecule has 1 N–H and O–H groups in total. The molecule has 0 bridgehead atoms. The Bertz CT molecular complexity index is 246. The number of halogens is 2. The van der Waals surface area contributed by atoms with Gasteiger partial charge in [-0.05, 0) is 58.2 Å². The van der Waals surface area contributed by atoms with Crippen molar-refractivity contribution in [2.45, 2.75) is 38.5 Å². The average molecular weight is 328 g/mol. The highest BCUT2D eigenvalue weighted by molar-refractivity contribution is 8.13. The van der Waals surface area contributed by atoms with Crippen molar-refractivity contribution in [2.24, 2.45) is 4.99 Å². The monoisotopic (exact) mass is 327 g/mol. The van der Waals surface area contributed by atoms with Crippen LogP contribution in [0.5, 0.6) is 0 Å². The van der Waals surface area contributed by atoms with Gasteiger partial charge in [0.2, 0.25) is 0 Å². The SMILES string of the molecule is C1CCNC(SCCCCN2CCCC2)=NC1.Cl.Cl. The van der Waals surface area contributed by atoms with Crippen LogP contribution in [-0.4, -0.2) is 48.5 Å². The summed E-state index contributed by atoms with van der Waals surface area (Å²) in [5.41, 5.74) is 0. The molecule has 2 aliphatic rings. The summed E-state index contributed by atoms with van der Waals surface area (Å²) in [6.07, 6.45) is 8.00. The number of likely N-dealkylation sites (tertiary alicyclic amines) is 1. The van der Waals surface area contributed by atoms with E-state index in [2.05, 4.69) is 15.2 Å². The van der Waals surface area contributed by atoms with Gasteiger partial charge in [0.25, 0.3) is 0 Å². The quantitative estimate of drug-likeness (QED) is 0.786. The summed E-state index contributed by atoms with van der Waals surface area (Å²) in [4.78, 5) is 7.16. The fourth-order valence-electron chi connectivity index (χ4n) is 2.38. The van der Waals surface area contributed by atoms with Gasteiger partial charge in [-0.15, -0.1) is 24.8 Å². The van der Waals surface area contributed by atoms with Gasteiger partial charge in [-0.3, -0.25) is 4.99 Å². The van der Waals surface area contributed by atoms with E-state index >= 15 is 0 Å². The third-order valence-corrected chi connectivity index (χ3v) is 4.46. The van der Waals surface area contributed by atoms with Crippen LogP contribution in [0.2, 0.25) is 0 Å². The predicted octanol–water partition coefficient (Wildman–Crippen LogP) is 3.18. The van der Waals surface area contributed by atoms with Crippen molar-refractivity contribution in [3.05, 3.63) is 0 Å². The molecule has 0 spiro atoms. The van der Waals surface area contributed by atoms with Gasteiger partial charge in [-0.2, -0.15) is 0 Å². The molecule has 0 aromatic heterocycles. The lowest BCUT2D eigenvalue weighted by Crippen LogP contribution is -2.21. The van der Waals surface area contributed by atoms with Gasteiger partial charge in [0.1, 0.15) is 0 Å². The van der Waals surface area contributed by atoms with Crippen LogP contribution >= 0.6 is 36.6 Å². The van der Waals surface area contributed by atoms with Crippen molar-refractivity contribution in [1.82, 2.24) is 10.2 Å². The minimum Gasteiger partial charge on any atom is -0.365 e. The van der Waals surface area contributed by atoms with Gasteiger partial charge in [0, 0.05) is 18.8 Å². The summed E-state index contributed by atoms with van der Waals surface area (Å²) >= 11 is 1.91. The maximum absolute atomic E-state index is 4.56. The first-order valence-electron chi connectivity index (χ1n) is 7.08. The van der Waals surface area contributed by atoms with E-state index in [-0.39, 0.29) is 24.8 Å². The predicted molar refractivity (Wildman–Crippen MR) is 91.4 cm³/mol. The zero-order chi connectivity index (χ0) is 11.8. The highest BCUT2D eigenvalue weighted by Gasteiger charge is 2.10. The van der Waals surface area contributed by atoms with Crippen LogP contribution in [0.3, 0.4) is 0 Å². The summed E-state index contributed by atoms with van der Waals surface area (Å²) < 4.78 is 0. The van der Waals surface area contributed by atoms with Crippen molar-refractivity contribution in [1.29, 1.82) is 0 Å². The fraction of sp³-hybridized carbons (Fsp3) is 0.923. The van der Waals surface area contributed by atoms with Crippen molar-refractivity contribution in [3.8, 4) is 0 Å².